The first kappa shape index (κ1) is 24.1. The second-order valence-electron chi connectivity index (χ2n) is 8.20. The van der Waals surface area contributed by atoms with Gasteiger partial charge in [-0.2, -0.15) is 13.2 Å². The molecule has 2 atom stereocenters. The van der Waals surface area contributed by atoms with Crippen molar-refractivity contribution < 1.29 is 18.0 Å². The normalized spacial score (nSPS) is 18.2. The summed E-state index contributed by atoms with van der Waals surface area (Å²) in [6.45, 7) is 2.93. The number of rotatable bonds is 6. The minimum Gasteiger partial charge on any atom is -0.334 e. The number of amides is 2. The van der Waals surface area contributed by atoms with Gasteiger partial charge in [-0.05, 0) is 41.1 Å². The quantitative estimate of drug-likeness (QED) is 0.417. The van der Waals surface area contributed by atoms with Crippen molar-refractivity contribution >= 4 is 17.8 Å². The third-order valence-electron chi connectivity index (χ3n) is 6.01. The van der Waals surface area contributed by atoms with Gasteiger partial charge in [-0.15, -0.1) is 11.8 Å². The Labute approximate surface area is 201 Å². The van der Waals surface area contributed by atoms with E-state index in [1.807, 2.05) is 54.6 Å². The molecule has 2 unspecified atom stereocenters. The van der Waals surface area contributed by atoms with Gasteiger partial charge in [-0.25, -0.2) is 4.79 Å². The molecule has 2 heterocycles. The highest BCUT2D eigenvalue weighted by Gasteiger charge is 2.43. The van der Waals surface area contributed by atoms with Crippen LogP contribution in [-0.2, 0) is 12.7 Å². The summed E-state index contributed by atoms with van der Waals surface area (Å²) in [6.07, 6.45) is -3.13. The van der Waals surface area contributed by atoms with E-state index < -0.39 is 17.7 Å². The highest BCUT2D eigenvalue weighted by Crippen LogP contribution is 2.43. The molecule has 34 heavy (non-hydrogen) atoms. The van der Waals surface area contributed by atoms with E-state index in [1.54, 1.807) is 16.7 Å². The zero-order valence-corrected chi connectivity index (χ0v) is 19.6. The molecule has 3 aromatic rings. The summed E-state index contributed by atoms with van der Waals surface area (Å²) in [5.74, 6) is 0.144. The van der Waals surface area contributed by atoms with E-state index in [9.17, 15) is 18.0 Å². The van der Waals surface area contributed by atoms with E-state index in [0.29, 0.717) is 13.1 Å². The highest BCUT2D eigenvalue weighted by molar-refractivity contribution is 7.99. The fourth-order valence-electron chi connectivity index (χ4n) is 4.40. The van der Waals surface area contributed by atoms with Crippen LogP contribution in [0.4, 0.5) is 18.0 Å². The fraction of sp³-hybridized carbons (Fsp3) is 0.308. The van der Waals surface area contributed by atoms with Gasteiger partial charge < -0.3 is 10.2 Å². The van der Waals surface area contributed by atoms with Gasteiger partial charge in [0.1, 0.15) is 0 Å². The lowest BCUT2D eigenvalue weighted by molar-refractivity contribution is -0.138. The smallest absolute Gasteiger partial charge is 0.334 e. The number of likely N-dealkylation sites (tertiary alicyclic amines) is 1. The van der Waals surface area contributed by atoms with Gasteiger partial charge in [0.15, 0.2) is 0 Å². The Balaban J connectivity index is 1.53. The molecule has 1 aliphatic heterocycles. The number of pyridine rings is 1. The predicted octanol–water partition coefficient (Wildman–Crippen LogP) is 6.31. The molecule has 4 nitrogen and oxygen atoms in total. The van der Waals surface area contributed by atoms with Crippen molar-refractivity contribution in [2.45, 2.75) is 36.4 Å². The lowest BCUT2D eigenvalue weighted by Crippen LogP contribution is -2.38. The topological polar surface area (TPSA) is 45.2 Å². The summed E-state index contributed by atoms with van der Waals surface area (Å²) in [4.78, 5) is 19.9. The van der Waals surface area contributed by atoms with Gasteiger partial charge in [0.05, 0.1) is 11.3 Å². The van der Waals surface area contributed by atoms with E-state index in [0.717, 1.165) is 22.9 Å². The Kier molecular flexibility index (Phi) is 7.46. The minimum absolute atomic E-state index is 0.0110. The number of halogens is 3. The van der Waals surface area contributed by atoms with Crippen molar-refractivity contribution in [1.82, 2.24) is 15.2 Å². The summed E-state index contributed by atoms with van der Waals surface area (Å²) >= 11 is 1.75. The molecule has 4 rings (SSSR count). The van der Waals surface area contributed by atoms with E-state index in [2.05, 4.69) is 17.2 Å². The van der Waals surface area contributed by atoms with Crippen LogP contribution in [0.2, 0.25) is 0 Å². The molecule has 2 aromatic carbocycles. The van der Waals surface area contributed by atoms with Crippen LogP contribution in [0.25, 0.3) is 0 Å². The van der Waals surface area contributed by atoms with Crippen LogP contribution in [0.5, 0.6) is 0 Å². The Morgan fingerprint density at radius 1 is 1.03 bits per heavy atom. The maximum atomic E-state index is 13.7. The number of urea groups is 1. The molecular weight excluding hydrogens is 459 g/mol. The standard InChI is InChI=1S/C26H26F3N3OS/c1-2-34-20-12-10-18(11-13-20)15-31-25(33)32-16-21(19-7-4-3-5-8-19)22(17-32)24-23(26(27,28)29)9-6-14-30-24/h3-14,21-22H,2,15-17H2,1H3,(H,31,33). The molecule has 1 saturated heterocycles. The molecule has 178 valence electrons. The first-order valence-corrected chi connectivity index (χ1v) is 12.2. The highest BCUT2D eigenvalue weighted by atomic mass is 32.2. The number of aromatic nitrogens is 1. The Morgan fingerprint density at radius 2 is 1.74 bits per heavy atom. The zero-order chi connectivity index (χ0) is 24.1. The van der Waals surface area contributed by atoms with Crippen molar-refractivity contribution in [1.29, 1.82) is 0 Å². The van der Waals surface area contributed by atoms with Gasteiger partial charge in [-0.1, -0.05) is 49.4 Å². The molecule has 0 radical (unpaired) electrons. The van der Waals surface area contributed by atoms with E-state index in [1.165, 1.54) is 17.2 Å². The van der Waals surface area contributed by atoms with E-state index >= 15 is 0 Å². The summed E-state index contributed by atoms with van der Waals surface area (Å²) < 4.78 is 41.2. The molecular formula is C26H26F3N3OS. The van der Waals surface area contributed by atoms with Gasteiger partial charge in [-0.3, -0.25) is 4.98 Å². The van der Waals surface area contributed by atoms with Crippen molar-refractivity contribution in [2.24, 2.45) is 0 Å². The maximum Gasteiger partial charge on any atom is 0.418 e. The van der Waals surface area contributed by atoms with Crippen molar-refractivity contribution in [3.63, 3.8) is 0 Å². The number of benzene rings is 2. The van der Waals surface area contributed by atoms with Crippen LogP contribution in [0.3, 0.4) is 0 Å². The predicted molar refractivity (Wildman–Crippen MR) is 128 cm³/mol. The van der Waals surface area contributed by atoms with Crippen LogP contribution in [-0.4, -0.2) is 34.8 Å². The van der Waals surface area contributed by atoms with Crippen LogP contribution in [0.15, 0.2) is 77.8 Å². The number of carbonyl (C=O) groups excluding carboxylic acids is 1. The Hall–Kier alpha value is -3.00. The molecule has 1 fully saturated rings. The Morgan fingerprint density at radius 3 is 2.41 bits per heavy atom. The monoisotopic (exact) mass is 485 g/mol. The molecule has 8 heteroatoms. The molecule has 0 aliphatic carbocycles. The average Bonchev–Trinajstić information content (AvgIpc) is 3.29. The molecule has 2 amide bonds. The summed E-state index contributed by atoms with van der Waals surface area (Å²) in [5, 5.41) is 2.92. The van der Waals surface area contributed by atoms with Gasteiger partial charge in [0.25, 0.3) is 0 Å². The second-order valence-corrected chi connectivity index (χ2v) is 9.54. The number of hydrogen-bond acceptors (Lipinski definition) is 3. The lowest BCUT2D eigenvalue weighted by atomic mass is 9.85. The Bertz CT molecular complexity index is 1110. The third-order valence-corrected chi connectivity index (χ3v) is 6.90. The summed E-state index contributed by atoms with van der Waals surface area (Å²) in [5.41, 5.74) is 1.11. The number of nitrogens with one attached hydrogen (secondary N) is 1. The average molecular weight is 486 g/mol. The van der Waals surface area contributed by atoms with Crippen LogP contribution >= 0.6 is 11.8 Å². The molecule has 1 aromatic heterocycles. The summed E-state index contributed by atoms with van der Waals surface area (Å²) in [6, 6.07) is 19.4. The number of thioether (sulfide) groups is 1. The van der Waals surface area contributed by atoms with E-state index in [-0.39, 0.29) is 24.2 Å². The zero-order valence-electron chi connectivity index (χ0n) is 18.8. The van der Waals surface area contributed by atoms with Gasteiger partial charge >= 0.3 is 12.2 Å². The van der Waals surface area contributed by atoms with Gasteiger partial charge in [0, 0.05) is 42.6 Å². The molecule has 0 spiro atoms. The third kappa shape index (κ3) is 5.55. The maximum absolute atomic E-state index is 13.7. The minimum atomic E-state index is -4.51. The van der Waals surface area contributed by atoms with Crippen LogP contribution in [0.1, 0.15) is 41.1 Å². The number of carbonyl (C=O) groups is 1. The molecule has 1 N–H and O–H groups in total. The lowest BCUT2D eigenvalue weighted by Gasteiger charge is -2.21. The first-order valence-electron chi connectivity index (χ1n) is 11.2. The largest absolute Gasteiger partial charge is 0.418 e. The number of alkyl halides is 3. The first-order chi connectivity index (χ1) is 16.4. The molecule has 0 bridgehead atoms. The van der Waals surface area contributed by atoms with Crippen molar-refractivity contribution in [3.8, 4) is 0 Å². The molecule has 0 saturated carbocycles. The number of hydrogen-bond donors (Lipinski definition) is 1. The van der Waals surface area contributed by atoms with Gasteiger partial charge in [0.2, 0.25) is 0 Å². The van der Waals surface area contributed by atoms with Crippen molar-refractivity contribution in [2.75, 3.05) is 18.8 Å². The summed E-state index contributed by atoms with van der Waals surface area (Å²) in [7, 11) is 0. The van der Waals surface area contributed by atoms with Crippen molar-refractivity contribution in [3.05, 3.63) is 95.3 Å². The number of nitrogens with zero attached hydrogens (tertiary/aromatic N) is 2. The fourth-order valence-corrected chi connectivity index (χ4v) is 5.06. The second kappa shape index (κ2) is 10.5. The van der Waals surface area contributed by atoms with Crippen LogP contribution in [0, 0.1) is 0 Å². The van der Waals surface area contributed by atoms with E-state index in [4.69, 9.17) is 0 Å². The van der Waals surface area contributed by atoms with Crippen LogP contribution < -0.4 is 5.32 Å². The SMILES string of the molecule is CCSc1ccc(CNC(=O)N2CC(c3ccccc3)C(c3ncccc3C(F)(F)F)C2)cc1. The molecule has 1 aliphatic rings.